The minimum absolute atomic E-state index is 0.0879. The lowest BCUT2D eigenvalue weighted by atomic mass is 9.96. The van der Waals surface area contributed by atoms with Gasteiger partial charge < -0.3 is 9.84 Å². The highest BCUT2D eigenvalue weighted by Crippen LogP contribution is 2.29. The van der Waals surface area contributed by atoms with Gasteiger partial charge in [-0.2, -0.15) is 0 Å². The number of rotatable bonds is 5. The Kier molecular flexibility index (Phi) is 5.01. The summed E-state index contributed by atoms with van der Waals surface area (Å²) < 4.78 is 5.16. The molecule has 0 bridgehead atoms. The Balaban J connectivity index is 2.89. The summed E-state index contributed by atoms with van der Waals surface area (Å²) in [5, 5.41) is 9.77. The first kappa shape index (κ1) is 13.6. The van der Waals surface area contributed by atoms with Crippen LogP contribution < -0.4 is 0 Å². The van der Waals surface area contributed by atoms with Gasteiger partial charge in [0.05, 0.1) is 12.2 Å². The topological polar surface area (TPSA) is 46.5 Å². The van der Waals surface area contributed by atoms with Crippen molar-refractivity contribution in [1.82, 2.24) is 0 Å². The van der Waals surface area contributed by atoms with Crippen molar-refractivity contribution in [3.63, 3.8) is 0 Å². The highest BCUT2D eigenvalue weighted by atomic mass is 16.5. The molecule has 0 aromatic heterocycles. The first-order chi connectivity index (χ1) is 8.07. The summed E-state index contributed by atoms with van der Waals surface area (Å²) in [4.78, 5) is 11.9. The van der Waals surface area contributed by atoms with Crippen molar-refractivity contribution in [2.45, 2.75) is 39.5 Å². The van der Waals surface area contributed by atoms with Crippen molar-refractivity contribution in [1.29, 1.82) is 0 Å². The standard InChI is InChI=1S/C14H20O3/c1-4-5-9-17-14(16)11-7-6-8-12(15)13(11)10(2)3/h6-8,10,15H,4-5,9H2,1-3H3. The van der Waals surface area contributed by atoms with Crippen LogP contribution in [0.5, 0.6) is 5.75 Å². The van der Waals surface area contributed by atoms with E-state index in [-0.39, 0.29) is 17.6 Å². The number of phenols is 1. The summed E-state index contributed by atoms with van der Waals surface area (Å²) in [6, 6.07) is 4.96. The maximum atomic E-state index is 11.9. The largest absolute Gasteiger partial charge is 0.508 e. The van der Waals surface area contributed by atoms with Gasteiger partial charge in [-0.1, -0.05) is 33.3 Å². The Hall–Kier alpha value is -1.51. The molecule has 0 radical (unpaired) electrons. The Morgan fingerprint density at radius 2 is 2.12 bits per heavy atom. The van der Waals surface area contributed by atoms with E-state index in [2.05, 4.69) is 0 Å². The summed E-state index contributed by atoms with van der Waals surface area (Å²) >= 11 is 0. The average molecular weight is 236 g/mol. The maximum Gasteiger partial charge on any atom is 0.338 e. The molecule has 0 saturated heterocycles. The third-order valence-electron chi connectivity index (χ3n) is 2.61. The molecule has 1 rings (SSSR count). The van der Waals surface area contributed by atoms with Crippen LogP contribution in [0.3, 0.4) is 0 Å². The molecular weight excluding hydrogens is 216 g/mol. The van der Waals surface area contributed by atoms with Crippen LogP contribution in [0.25, 0.3) is 0 Å². The van der Waals surface area contributed by atoms with Crippen LogP contribution in [-0.2, 0) is 4.74 Å². The van der Waals surface area contributed by atoms with E-state index in [0.717, 1.165) is 12.8 Å². The highest BCUT2D eigenvalue weighted by Gasteiger charge is 2.18. The number of hydrogen-bond acceptors (Lipinski definition) is 3. The zero-order valence-electron chi connectivity index (χ0n) is 10.7. The Labute approximate surface area is 102 Å². The van der Waals surface area contributed by atoms with E-state index in [4.69, 9.17) is 4.74 Å². The maximum absolute atomic E-state index is 11.9. The summed E-state index contributed by atoms with van der Waals surface area (Å²) in [6.45, 7) is 6.36. The number of hydrogen-bond donors (Lipinski definition) is 1. The van der Waals surface area contributed by atoms with E-state index in [1.807, 2.05) is 20.8 Å². The van der Waals surface area contributed by atoms with E-state index in [1.54, 1.807) is 18.2 Å². The zero-order chi connectivity index (χ0) is 12.8. The van der Waals surface area contributed by atoms with Crippen molar-refractivity contribution in [2.24, 2.45) is 0 Å². The number of esters is 1. The molecule has 0 unspecified atom stereocenters. The smallest absolute Gasteiger partial charge is 0.338 e. The van der Waals surface area contributed by atoms with Crippen LogP contribution in [0.1, 0.15) is 55.5 Å². The van der Waals surface area contributed by atoms with E-state index in [1.165, 1.54) is 0 Å². The van der Waals surface area contributed by atoms with Gasteiger partial charge in [-0.05, 0) is 24.5 Å². The van der Waals surface area contributed by atoms with Crippen molar-refractivity contribution >= 4 is 5.97 Å². The first-order valence-corrected chi connectivity index (χ1v) is 6.07. The van der Waals surface area contributed by atoms with Crippen molar-refractivity contribution in [3.05, 3.63) is 29.3 Å². The molecule has 0 fully saturated rings. The number of benzene rings is 1. The summed E-state index contributed by atoms with van der Waals surface area (Å²) in [6.07, 6.45) is 1.85. The van der Waals surface area contributed by atoms with Gasteiger partial charge in [0.1, 0.15) is 5.75 Å². The van der Waals surface area contributed by atoms with Gasteiger partial charge in [0.15, 0.2) is 0 Å². The normalized spacial score (nSPS) is 10.6. The van der Waals surface area contributed by atoms with Gasteiger partial charge in [0.25, 0.3) is 0 Å². The van der Waals surface area contributed by atoms with Gasteiger partial charge in [-0.25, -0.2) is 4.79 Å². The monoisotopic (exact) mass is 236 g/mol. The minimum Gasteiger partial charge on any atom is -0.508 e. The molecule has 3 nitrogen and oxygen atoms in total. The summed E-state index contributed by atoms with van der Waals surface area (Å²) in [5.41, 5.74) is 1.13. The van der Waals surface area contributed by atoms with Crippen LogP contribution in [-0.4, -0.2) is 17.7 Å². The zero-order valence-corrected chi connectivity index (χ0v) is 10.7. The fourth-order valence-electron chi connectivity index (χ4n) is 1.72. The molecule has 3 heteroatoms. The lowest BCUT2D eigenvalue weighted by Crippen LogP contribution is -2.10. The molecule has 0 spiro atoms. The number of aromatic hydroxyl groups is 1. The second-order valence-electron chi connectivity index (χ2n) is 4.38. The van der Waals surface area contributed by atoms with Crippen LogP contribution in [0.2, 0.25) is 0 Å². The van der Waals surface area contributed by atoms with Crippen LogP contribution in [0.4, 0.5) is 0 Å². The molecular formula is C14H20O3. The minimum atomic E-state index is -0.349. The van der Waals surface area contributed by atoms with Gasteiger partial charge in [-0.3, -0.25) is 0 Å². The predicted molar refractivity (Wildman–Crippen MR) is 67.4 cm³/mol. The van der Waals surface area contributed by atoms with E-state index in [9.17, 15) is 9.90 Å². The molecule has 0 heterocycles. The molecule has 0 aliphatic carbocycles. The van der Waals surface area contributed by atoms with Crippen LogP contribution in [0, 0.1) is 0 Å². The van der Waals surface area contributed by atoms with Crippen molar-refractivity contribution < 1.29 is 14.6 Å². The molecule has 1 aromatic rings. The molecule has 0 aliphatic heterocycles. The van der Waals surface area contributed by atoms with Gasteiger partial charge >= 0.3 is 5.97 Å². The molecule has 94 valence electrons. The average Bonchev–Trinajstić information content (AvgIpc) is 2.28. The lowest BCUT2D eigenvalue weighted by Gasteiger charge is -2.13. The molecule has 0 saturated carbocycles. The fourth-order valence-corrected chi connectivity index (χ4v) is 1.72. The molecule has 0 amide bonds. The molecule has 0 aliphatic rings. The Bertz CT molecular complexity index is 383. The summed E-state index contributed by atoms with van der Waals surface area (Å²) in [5.74, 6) is -0.104. The predicted octanol–water partition coefficient (Wildman–Crippen LogP) is 3.47. The van der Waals surface area contributed by atoms with Crippen molar-refractivity contribution in [2.75, 3.05) is 6.61 Å². The van der Waals surface area contributed by atoms with E-state index < -0.39 is 0 Å². The Morgan fingerprint density at radius 1 is 1.41 bits per heavy atom. The number of unbranched alkanes of at least 4 members (excludes halogenated alkanes) is 1. The van der Waals surface area contributed by atoms with Crippen LogP contribution >= 0.6 is 0 Å². The van der Waals surface area contributed by atoms with Gasteiger partial charge in [0.2, 0.25) is 0 Å². The number of carbonyl (C=O) groups is 1. The second-order valence-corrected chi connectivity index (χ2v) is 4.38. The molecule has 1 N–H and O–H groups in total. The van der Waals surface area contributed by atoms with E-state index >= 15 is 0 Å². The van der Waals surface area contributed by atoms with Crippen molar-refractivity contribution in [3.8, 4) is 5.75 Å². The third kappa shape index (κ3) is 3.48. The first-order valence-electron chi connectivity index (χ1n) is 6.07. The SMILES string of the molecule is CCCCOC(=O)c1cccc(O)c1C(C)C. The highest BCUT2D eigenvalue weighted by molar-refractivity contribution is 5.92. The van der Waals surface area contributed by atoms with Gasteiger partial charge in [-0.15, -0.1) is 0 Å². The van der Waals surface area contributed by atoms with Crippen LogP contribution in [0.15, 0.2) is 18.2 Å². The summed E-state index contributed by atoms with van der Waals surface area (Å²) in [7, 11) is 0. The number of carbonyl (C=O) groups excluding carboxylic acids is 1. The Morgan fingerprint density at radius 3 is 2.71 bits per heavy atom. The van der Waals surface area contributed by atoms with E-state index in [0.29, 0.717) is 17.7 Å². The quantitative estimate of drug-likeness (QED) is 0.629. The second kappa shape index (κ2) is 6.28. The number of phenolic OH excluding ortho intramolecular Hbond substituents is 1. The number of ether oxygens (including phenoxy) is 1. The van der Waals surface area contributed by atoms with Gasteiger partial charge in [0, 0.05) is 5.56 Å². The molecule has 0 atom stereocenters. The molecule has 1 aromatic carbocycles. The molecule has 17 heavy (non-hydrogen) atoms. The lowest BCUT2D eigenvalue weighted by molar-refractivity contribution is 0.0497. The fraction of sp³-hybridized carbons (Fsp3) is 0.500. The third-order valence-corrected chi connectivity index (χ3v) is 2.61.